The molecule has 8 heteroatoms. The first-order valence-electron chi connectivity index (χ1n) is 8.93. The molecule has 4 aromatic rings. The molecular formula is C22H19FN2O4S. The highest BCUT2D eigenvalue weighted by molar-refractivity contribution is 7.85. The second-order valence-electron chi connectivity index (χ2n) is 6.47. The summed E-state index contributed by atoms with van der Waals surface area (Å²) in [4.78, 5) is 3.98. The van der Waals surface area contributed by atoms with Crippen LogP contribution in [0.25, 0.3) is 22.7 Å². The summed E-state index contributed by atoms with van der Waals surface area (Å²) in [6, 6.07) is 16.2. The molecule has 0 N–H and O–H groups in total. The zero-order valence-electron chi connectivity index (χ0n) is 16.3. The van der Waals surface area contributed by atoms with Gasteiger partial charge in [0, 0.05) is 11.6 Å². The van der Waals surface area contributed by atoms with Crippen molar-refractivity contribution in [1.29, 1.82) is 0 Å². The number of oxazole rings is 1. The van der Waals surface area contributed by atoms with E-state index < -0.39 is 10.1 Å². The number of nitrogens with zero attached hydrogens (tertiary/aromatic N) is 2. The molecule has 4 rings (SSSR count). The molecule has 0 bridgehead atoms. The molecule has 0 aliphatic carbocycles. The van der Waals surface area contributed by atoms with Crippen LogP contribution in [-0.4, -0.2) is 18.0 Å². The van der Waals surface area contributed by atoms with E-state index >= 15 is 0 Å². The van der Waals surface area contributed by atoms with Gasteiger partial charge in [0.15, 0.2) is 6.20 Å². The topological polar surface area (TPSA) is 87.1 Å². The number of hydrogen-bond acceptors (Lipinski definition) is 5. The van der Waals surface area contributed by atoms with E-state index in [1.165, 1.54) is 24.5 Å². The molecule has 30 heavy (non-hydrogen) atoms. The molecule has 0 saturated heterocycles. The Balaban J connectivity index is 0.000000199. The first-order chi connectivity index (χ1) is 14.3. The molecule has 0 unspecified atom stereocenters. The maximum absolute atomic E-state index is 14.0. The Bertz CT molecular complexity index is 1240. The zero-order valence-corrected chi connectivity index (χ0v) is 17.1. The van der Waals surface area contributed by atoms with Gasteiger partial charge in [-0.05, 0) is 31.2 Å². The van der Waals surface area contributed by atoms with Gasteiger partial charge in [0.2, 0.25) is 0 Å². The molecule has 0 saturated carbocycles. The van der Waals surface area contributed by atoms with E-state index in [0.717, 1.165) is 16.8 Å². The molecule has 0 atom stereocenters. The van der Waals surface area contributed by atoms with Gasteiger partial charge in [-0.25, -0.2) is 17.8 Å². The third kappa shape index (κ3) is 4.97. The fourth-order valence-corrected chi connectivity index (χ4v) is 3.29. The summed E-state index contributed by atoms with van der Waals surface area (Å²) in [5.74, 6) is 0.211. The molecule has 2 aromatic carbocycles. The van der Waals surface area contributed by atoms with E-state index in [1.54, 1.807) is 30.5 Å². The number of aromatic nitrogens is 2. The van der Waals surface area contributed by atoms with Crippen molar-refractivity contribution in [2.24, 2.45) is 7.05 Å². The summed E-state index contributed by atoms with van der Waals surface area (Å²) in [5, 5.41) is 0. The molecule has 0 fully saturated rings. The van der Waals surface area contributed by atoms with Crippen LogP contribution in [0.15, 0.2) is 88.6 Å². The Labute approximate surface area is 174 Å². The maximum atomic E-state index is 14.0. The largest absolute Gasteiger partial charge is 0.744 e. The van der Waals surface area contributed by atoms with Crippen LogP contribution < -0.4 is 4.57 Å². The van der Waals surface area contributed by atoms with Crippen molar-refractivity contribution in [1.82, 2.24) is 4.98 Å². The number of aryl methyl sites for hydroxylation is 2. The van der Waals surface area contributed by atoms with Crippen LogP contribution in [0.1, 0.15) is 5.56 Å². The molecule has 0 spiro atoms. The lowest BCUT2D eigenvalue weighted by molar-refractivity contribution is -0.660. The van der Waals surface area contributed by atoms with Crippen molar-refractivity contribution in [3.63, 3.8) is 0 Å². The van der Waals surface area contributed by atoms with Gasteiger partial charge in [-0.15, -0.1) is 0 Å². The van der Waals surface area contributed by atoms with Crippen LogP contribution in [0.3, 0.4) is 0 Å². The fraction of sp³-hybridized carbons (Fsp3) is 0.0909. The van der Waals surface area contributed by atoms with Gasteiger partial charge in [-0.2, -0.15) is 4.57 Å². The second kappa shape index (κ2) is 8.98. The lowest BCUT2D eigenvalue weighted by Crippen LogP contribution is -2.31. The van der Waals surface area contributed by atoms with Crippen LogP contribution in [0, 0.1) is 12.7 Å². The molecule has 0 aliphatic rings. The van der Waals surface area contributed by atoms with Crippen molar-refractivity contribution < 1.29 is 26.3 Å². The van der Waals surface area contributed by atoms with Gasteiger partial charge in [-0.1, -0.05) is 35.9 Å². The van der Waals surface area contributed by atoms with Crippen molar-refractivity contribution in [3.8, 4) is 22.7 Å². The molecule has 0 radical (unpaired) electrons. The molecule has 2 heterocycles. The molecule has 2 aromatic heterocycles. The maximum Gasteiger partial charge on any atom is 0.293 e. The Morgan fingerprint density at radius 3 is 2.27 bits per heavy atom. The van der Waals surface area contributed by atoms with Crippen molar-refractivity contribution in [2.45, 2.75) is 11.8 Å². The number of halogens is 1. The van der Waals surface area contributed by atoms with Crippen LogP contribution in [0.2, 0.25) is 0 Å². The minimum atomic E-state index is -4.27. The summed E-state index contributed by atoms with van der Waals surface area (Å²) in [7, 11) is -2.39. The number of pyridine rings is 1. The SMILES string of the molecule is C[n+]1cccc(-c2ccccc2F)c1-c1ncco1.Cc1ccc(S(=O)(=O)[O-])cc1. The minimum absolute atomic E-state index is 0.178. The first-order valence-corrected chi connectivity index (χ1v) is 10.3. The average Bonchev–Trinajstić information content (AvgIpc) is 3.23. The molecular weight excluding hydrogens is 407 g/mol. The first kappa shape index (κ1) is 21.4. The predicted molar refractivity (Wildman–Crippen MR) is 108 cm³/mol. The molecule has 6 nitrogen and oxygen atoms in total. The van der Waals surface area contributed by atoms with Gasteiger partial charge in [-0.3, -0.25) is 0 Å². The van der Waals surface area contributed by atoms with E-state index in [2.05, 4.69) is 4.98 Å². The van der Waals surface area contributed by atoms with Gasteiger partial charge in [0.25, 0.3) is 11.6 Å². The summed E-state index contributed by atoms with van der Waals surface area (Å²) in [5.41, 5.74) is 2.97. The van der Waals surface area contributed by atoms with Crippen molar-refractivity contribution >= 4 is 10.1 Å². The summed E-state index contributed by atoms with van der Waals surface area (Å²) in [6.07, 6.45) is 4.96. The summed E-state index contributed by atoms with van der Waals surface area (Å²) < 4.78 is 52.4. The van der Waals surface area contributed by atoms with Crippen LogP contribution in [-0.2, 0) is 17.2 Å². The van der Waals surface area contributed by atoms with Crippen molar-refractivity contribution in [3.05, 3.63) is 90.7 Å². The minimum Gasteiger partial charge on any atom is -0.744 e. The van der Waals surface area contributed by atoms with Gasteiger partial charge < -0.3 is 8.97 Å². The van der Waals surface area contributed by atoms with Crippen LogP contribution in [0.5, 0.6) is 0 Å². The van der Waals surface area contributed by atoms with Gasteiger partial charge in [0.1, 0.15) is 29.2 Å². The third-order valence-corrected chi connectivity index (χ3v) is 5.14. The van der Waals surface area contributed by atoms with E-state index in [9.17, 15) is 17.4 Å². The lowest BCUT2D eigenvalue weighted by Gasteiger charge is -2.05. The van der Waals surface area contributed by atoms with E-state index in [0.29, 0.717) is 11.5 Å². The molecule has 154 valence electrons. The Kier molecular flexibility index (Phi) is 6.39. The van der Waals surface area contributed by atoms with Gasteiger partial charge in [0.05, 0.1) is 16.7 Å². The number of benzene rings is 2. The summed E-state index contributed by atoms with van der Waals surface area (Å²) >= 11 is 0. The number of hydrogen-bond donors (Lipinski definition) is 0. The number of rotatable bonds is 3. The Hall–Kier alpha value is -3.36. The van der Waals surface area contributed by atoms with Gasteiger partial charge >= 0.3 is 0 Å². The summed E-state index contributed by atoms with van der Waals surface area (Å²) in [6.45, 7) is 1.82. The fourth-order valence-electron chi connectivity index (χ4n) is 2.82. The predicted octanol–water partition coefficient (Wildman–Crippen LogP) is 3.87. The van der Waals surface area contributed by atoms with E-state index in [4.69, 9.17) is 4.42 Å². The average molecular weight is 426 g/mol. The lowest BCUT2D eigenvalue weighted by atomic mass is 10.0. The van der Waals surface area contributed by atoms with Crippen LogP contribution >= 0.6 is 0 Å². The normalized spacial score (nSPS) is 10.9. The molecule has 0 aliphatic heterocycles. The smallest absolute Gasteiger partial charge is 0.293 e. The Morgan fingerprint density at radius 2 is 1.67 bits per heavy atom. The van der Waals surface area contributed by atoms with E-state index in [-0.39, 0.29) is 10.7 Å². The zero-order chi connectivity index (χ0) is 21.7. The quantitative estimate of drug-likeness (QED) is 0.367. The standard InChI is InChI=1S/C15H12FN2O.C7H8O3S/c1-18-9-4-6-12(11-5-2-3-7-13(11)16)14(18)15-17-8-10-19-15;1-6-2-4-7(5-3-6)11(8,9)10/h2-10H,1H3;2-5H,1H3,(H,8,9,10)/q+1;/p-1. The van der Waals surface area contributed by atoms with Crippen LogP contribution in [0.4, 0.5) is 4.39 Å². The third-order valence-electron chi connectivity index (χ3n) is 4.29. The highest BCUT2D eigenvalue weighted by Crippen LogP contribution is 2.29. The monoisotopic (exact) mass is 426 g/mol. The van der Waals surface area contributed by atoms with Crippen molar-refractivity contribution in [2.75, 3.05) is 0 Å². The van der Waals surface area contributed by atoms with E-state index in [1.807, 2.05) is 42.9 Å². The highest BCUT2D eigenvalue weighted by Gasteiger charge is 2.22. The highest BCUT2D eigenvalue weighted by atomic mass is 32.2. The Morgan fingerprint density at radius 1 is 1.00 bits per heavy atom. The molecule has 0 amide bonds. The second-order valence-corrected chi connectivity index (χ2v) is 7.85.